The lowest BCUT2D eigenvalue weighted by Gasteiger charge is -2.22. The molecule has 0 bridgehead atoms. The van der Waals surface area contributed by atoms with E-state index < -0.39 is 17.3 Å². The van der Waals surface area contributed by atoms with Crippen LogP contribution in [0.1, 0.15) is 19.4 Å². The largest absolute Gasteiger partial charge is 0.368 e. The molecule has 5 heteroatoms. The minimum absolute atomic E-state index is 0.0659. The molecule has 0 aromatic heterocycles. The van der Waals surface area contributed by atoms with Crippen molar-refractivity contribution >= 4 is 17.5 Å². The van der Waals surface area contributed by atoms with Crippen LogP contribution in [-0.4, -0.2) is 11.4 Å². The van der Waals surface area contributed by atoms with E-state index in [-0.39, 0.29) is 11.6 Å². The van der Waals surface area contributed by atoms with Crippen molar-refractivity contribution < 1.29 is 9.18 Å². The van der Waals surface area contributed by atoms with Crippen LogP contribution < -0.4 is 11.1 Å². The quantitative estimate of drug-likeness (QED) is 0.849. The van der Waals surface area contributed by atoms with Gasteiger partial charge in [-0.25, -0.2) is 4.39 Å². The Kier molecular flexibility index (Phi) is 3.88. The summed E-state index contributed by atoms with van der Waals surface area (Å²) in [6.45, 7) is 3.47. The number of carbonyl (C=O) groups is 1. The van der Waals surface area contributed by atoms with E-state index in [1.165, 1.54) is 6.07 Å². The summed E-state index contributed by atoms with van der Waals surface area (Å²) in [5.41, 5.74) is 4.71. The standard InChI is InChI=1S/C11H14ClFN2O/c1-11(2,10(14)16)15-6-7-4-3-5-8(12)9(7)13/h3-5,15H,6H2,1-2H3,(H2,14,16). The maximum absolute atomic E-state index is 13.5. The van der Waals surface area contributed by atoms with E-state index >= 15 is 0 Å². The second-order valence-corrected chi connectivity index (χ2v) is 4.46. The van der Waals surface area contributed by atoms with E-state index in [2.05, 4.69) is 5.32 Å². The number of hydrogen-bond donors (Lipinski definition) is 2. The molecule has 3 nitrogen and oxygen atoms in total. The van der Waals surface area contributed by atoms with Crippen molar-refractivity contribution in [1.82, 2.24) is 5.32 Å². The maximum Gasteiger partial charge on any atom is 0.237 e. The molecule has 0 aliphatic rings. The van der Waals surface area contributed by atoms with Gasteiger partial charge in [-0.1, -0.05) is 23.7 Å². The molecule has 1 aromatic carbocycles. The highest BCUT2D eigenvalue weighted by atomic mass is 35.5. The summed E-state index contributed by atoms with van der Waals surface area (Å²) < 4.78 is 13.5. The molecule has 0 saturated heterocycles. The Labute approximate surface area is 98.8 Å². The highest BCUT2D eigenvalue weighted by Crippen LogP contribution is 2.18. The fourth-order valence-electron chi connectivity index (χ4n) is 1.09. The van der Waals surface area contributed by atoms with Crippen molar-refractivity contribution in [3.8, 4) is 0 Å². The molecule has 0 saturated carbocycles. The third-order valence-corrected chi connectivity index (χ3v) is 2.66. The van der Waals surface area contributed by atoms with E-state index in [1.54, 1.807) is 26.0 Å². The molecule has 0 radical (unpaired) electrons. The molecule has 0 spiro atoms. The molecule has 1 rings (SSSR count). The van der Waals surface area contributed by atoms with Gasteiger partial charge in [-0.2, -0.15) is 0 Å². The number of primary amides is 1. The maximum atomic E-state index is 13.5. The molecular weight excluding hydrogens is 231 g/mol. The minimum atomic E-state index is -0.880. The Morgan fingerprint density at radius 2 is 2.19 bits per heavy atom. The molecule has 16 heavy (non-hydrogen) atoms. The molecule has 0 fully saturated rings. The van der Waals surface area contributed by atoms with Gasteiger partial charge in [-0.05, 0) is 19.9 Å². The summed E-state index contributed by atoms with van der Waals surface area (Å²) >= 11 is 5.63. The van der Waals surface area contributed by atoms with Crippen LogP contribution in [0.4, 0.5) is 4.39 Å². The Balaban J connectivity index is 2.76. The summed E-state index contributed by atoms with van der Waals surface area (Å²) in [6, 6.07) is 4.73. The third-order valence-electron chi connectivity index (χ3n) is 2.37. The molecular formula is C11H14ClFN2O. The van der Waals surface area contributed by atoms with Gasteiger partial charge in [0.05, 0.1) is 10.6 Å². The predicted octanol–water partition coefficient (Wildman–Crippen LogP) is 1.83. The van der Waals surface area contributed by atoms with Crippen LogP contribution in [0.2, 0.25) is 5.02 Å². The lowest BCUT2D eigenvalue weighted by atomic mass is 10.0. The lowest BCUT2D eigenvalue weighted by molar-refractivity contribution is -0.123. The predicted molar refractivity (Wildman–Crippen MR) is 61.5 cm³/mol. The van der Waals surface area contributed by atoms with Gasteiger partial charge in [0.1, 0.15) is 5.82 Å². The summed E-state index contributed by atoms with van der Waals surface area (Å²) in [5, 5.41) is 2.94. The Hall–Kier alpha value is -1.13. The molecule has 1 amide bonds. The number of benzene rings is 1. The van der Waals surface area contributed by atoms with Gasteiger partial charge < -0.3 is 5.73 Å². The van der Waals surface area contributed by atoms with Crippen molar-refractivity contribution in [2.45, 2.75) is 25.9 Å². The zero-order valence-corrected chi connectivity index (χ0v) is 9.94. The smallest absolute Gasteiger partial charge is 0.237 e. The summed E-state index contributed by atoms with van der Waals surface area (Å²) in [4.78, 5) is 11.0. The molecule has 3 N–H and O–H groups in total. The van der Waals surface area contributed by atoms with Crippen LogP contribution in [0.3, 0.4) is 0 Å². The summed E-state index contributed by atoms with van der Waals surface area (Å²) in [5.74, 6) is -0.966. The summed E-state index contributed by atoms with van der Waals surface area (Å²) in [7, 11) is 0. The number of amides is 1. The number of halogens is 2. The zero-order valence-electron chi connectivity index (χ0n) is 9.18. The number of carbonyl (C=O) groups excluding carboxylic acids is 1. The second kappa shape index (κ2) is 4.80. The Morgan fingerprint density at radius 1 is 1.56 bits per heavy atom. The first-order valence-corrected chi connectivity index (χ1v) is 5.20. The Bertz CT molecular complexity index is 407. The Morgan fingerprint density at radius 3 is 2.75 bits per heavy atom. The van der Waals surface area contributed by atoms with Crippen LogP contribution in [-0.2, 0) is 11.3 Å². The van der Waals surface area contributed by atoms with Gasteiger partial charge in [-0.3, -0.25) is 10.1 Å². The average Bonchev–Trinajstić information content (AvgIpc) is 2.20. The molecule has 1 aromatic rings. The molecule has 0 aliphatic carbocycles. The third kappa shape index (κ3) is 2.93. The first-order valence-electron chi connectivity index (χ1n) is 4.82. The fraction of sp³-hybridized carbons (Fsp3) is 0.364. The number of nitrogens with one attached hydrogen (secondary N) is 1. The number of nitrogens with two attached hydrogens (primary N) is 1. The van der Waals surface area contributed by atoms with E-state index in [0.29, 0.717) is 5.56 Å². The first-order chi connectivity index (χ1) is 7.34. The topological polar surface area (TPSA) is 55.1 Å². The second-order valence-electron chi connectivity index (χ2n) is 4.06. The van der Waals surface area contributed by atoms with E-state index in [0.717, 1.165) is 0 Å². The molecule has 0 heterocycles. The van der Waals surface area contributed by atoms with Crippen LogP contribution in [0.25, 0.3) is 0 Å². The number of hydrogen-bond acceptors (Lipinski definition) is 2. The minimum Gasteiger partial charge on any atom is -0.368 e. The van der Waals surface area contributed by atoms with Crippen molar-refractivity contribution in [2.24, 2.45) is 5.73 Å². The first kappa shape index (κ1) is 12.9. The zero-order chi connectivity index (χ0) is 12.3. The normalized spacial score (nSPS) is 11.5. The lowest BCUT2D eigenvalue weighted by Crippen LogP contribution is -2.50. The van der Waals surface area contributed by atoms with Gasteiger partial charge >= 0.3 is 0 Å². The van der Waals surface area contributed by atoms with Gasteiger partial charge in [0.15, 0.2) is 0 Å². The molecule has 0 unspecified atom stereocenters. The van der Waals surface area contributed by atoms with Crippen LogP contribution in [0.5, 0.6) is 0 Å². The average molecular weight is 245 g/mol. The SMILES string of the molecule is CC(C)(NCc1cccc(Cl)c1F)C(N)=O. The molecule has 88 valence electrons. The highest BCUT2D eigenvalue weighted by Gasteiger charge is 2.24. The molecule has 0 aliphatic heterocycles. The summed E-state index contributed by atoms with van der Waals surface area (Å²) in [6.07, 6.45) is 0. The number of rotatable bonds is 4. The van der Waals surface area contributed by atoms with Crippen LogP contribution in [0, 0.1) is 5.82 Å². The van der Waals surface area contributed by atoms with Gasteiger partial charge in [0, 0.05) is 12.1 Å². The van der Waals surface area contributed by atoms with Crippen LogP contribution >= 0.6 is 11.6 Å². The fourth-order valence-corrected chi connectivity index (χ4v) is 1.28. The van der Waals surface area contributed by atoms with Crippen molar-refractivity contribution in [3.63, 3.8) is 0 Å². The van der Waals surface area contributed by atoms with E-state index in [1.807, 2.05) is 0 Å². The van der Waals surface area contributed by atoms with Crippen molar-refractivity contribution in [2.75, 3.05) is 0 Å². The monoisotopic (exact) mass is 244 g/mol. The van der Waals surface area contributed by atoms with Gasteiger partial charge in [0.25, 0.3) is 0 Å². The van der Waals surface area contributed by atoms with Gasteiger partial charge in [0.2, 0.25) is 5.91 Å². The van der Waals surface area contributed by atoms with Crippen molar-refractivity contribution in [1.29, 1.82) is 0 Å². The van der Waals surface area contributed by atoms with E-state index in [9.17, 15) is 9.18 Å². The molecule has 0 atom stereocenters. The van der Waals surface area contributed by atoms with Gasteiger partial charge in [-0.15, -0.1) is 0 Å². The highest BCUT2D eigenvalue weighted by molar-refractivity contribution is 6.30. The van der Waals surface area contributed by atoms with E-state index in [4.69, 9.17) is 17.3 Å². The van der Waals surface area contributed by atoms with Crippen molar-refractivity contribution in [3.05, 3.63) is 34.6 Å². The van der Waals surface area contributed by atoms with Crippen LogP contribution in [0.15, 0.2) is 18.2 Å².